The minimum atomic E-state index is -1.39. The van der Waals surface area contributed by atoms with Gasteiger partial charge in [0, 0.05) is 24.9 Å². The molecule has 0 saturated heterocycles. The highest BCUT2D eigenvalue weighted by molar-refractivity contribution is 6.33. The molecule has 1 aliphatic carbocycles. The second-order valence-electron chi connectivity index (χ2n) is 7.14. The maximum absolute atomic E-state index is 13.0. The van der Waals surface area contributed by atoms with Crippen molar-refractivity contribution in [3.63, 3.8) is 0 Å². The van der Waals surface area contributed by atoms with Crippen LogP contribution in [-0.4, -0.2) is 21.6 Å². The van der Waals surface area contributed by atoms with Gasteiger partial charge in [-0.2, -0.15) is 4.94 Å². The second kappa shape index (κ2) is 7.19. The first-order valence-electron chi connectivity index (χ1n) is 8.98. The molecule has 1 aliphatic rings. The molecule has 3 unspecified atom stereocenters. The van der Waals surface area contributed by atoms with Crippen molar-refractivity contribution >= 4 is 22.6 Å². The van der Waals surface area contributed by atoms with Gasteiger partial charge in [0.2, 0.25) is 5.79 Å². The summed E-state index contributed by atoms with van der Waals surface area (Å²) >= 11 is 6.17. The lowest BCUT2D eigenvalue weighted by molar-refractivity contribution is -0.338. The standard InChI is InChI=1S/C20H21ClFN3O2/c1-20(26-2,27-22)15-5-3-4-13(10-15)14-6-7-16(11-14)25-9-8-17-18(21)23-12-24-19(17)25/h3-5,8-10,12,14,16H,6-7,11H2,1-2H3. The van der Waals surface area contributed by atoms with Crippen LogP contribution in [0.2, 0.25) is 5.15 Å². The zero-order valence-corrected chi connectivity index (χ0v) is 16.0. The zero-order valence-electron chi connectivity index (χ0n) is 15.2. The summed E-state index contributed by atoms with van der Waals surface area (Å²) in [5.41, 5.74) is 2.70. The molecule has 3 aromatic rings. The number of hydrogen-bond acceptors (Lipinski definition) is 4. The molecule has 0 N–H and O–H groups in total. The molecule has 0 radical (unpaired) electrons. The van der Waals surface area contributed by atoms with Crippen molar-refractivity contribution in [1.29, 1.82) is 0 Å². The lowest BCUT2D eigenvalue weighted by Gasteiger charge is -2.24. The summed E-state index contributed by atoms with van der Waals surface area (Å²) in [6.07, 6.45) is 6.61. The van der Waals surface area contributed by atoms with Crippen LogP contribution in [0.5, 0.6) is 0 Å². The Labute approximate surface area is 162 Å². The van der Waals surface area contributed by atoms with E-state index in [1.807, 2.05) is 30.5 Å². The van der Waals surface area contributed by atoms with Gasteiger partial charge in [-0.3, -0.25) is 0 Å². The van der Waals surface area contributed by atoms with E-state index in [1.54, 1.807) is 6.92 Å². The Kier molecular flexibility index (Phi) is 4.88. The minimum Gasteiger partial charge on any atom is -0.347 e. The van der Waals surface area contributed by atoms with Gasteiger partial charge < -0.3 is 9.30 Å². The van der Waals surface area contributed by atoms with Crippen LogP contribution < -0.4 is 0 Å². The van der Waals surface area contributed by atoms with E-state index in [0.717, 1.165) is 30.3 Å². The molecule has 142 valence electrons. The first-order valence-corrected chi connectivity index (χ1v) is 9.36. The molecule has 2 heterocycles. The van der Waals surface area contributed by atoms with Gasteiger partial charge in [-0.25, -0.2) is 9.97 Å². The fraction of sp³-hybridized carbons (Fsp3) is 0.400. The van der Waals surface area contributed by atoms with Crippen LogP contribution in [0.1, 0.15) is 49.3 Å². The summed E-state index contributed by atoms with van der Waals surface area (Å²) in [5, 5.41) is 1.35. The Bertz CT molecular complexity index is 957. The summed E-state index contributed by atoms with van der Waals surface area (Å²) in [5.74, 6) is -1.01. The molecule has 0 spiro atoms. The number of hydrogen-bond donors (Lipinski definition) is 0. The summed E-state index contributed by atoms with van der Waals surface area (Å²) < 4.78 is 20.4. The molecule has 2 aromatic heterocycles. The molecule has 0 bridgehead atoms. The smallest absolute Gasteiger partial charge is 0.230 e. The van der Waals surface area contributed by atoms with Crippen molar-refractivity contribution < 1.29 is 14.2 Å². The zero-order chi connectivity index (χ0) is 19.0. The van der Waals surface area contributed by atoms with Gasteiger partial charge in [0.05, 0.1) is 5.39 Å². The summed E-state index contributed by atoms with van der Waals surface area (Å²) in [4.78, 5) is 12.5. The normalized spacial score (nSPS) is 22.2. The molecule has 0 amide bonds. The number of ether oxygens (including phenoxy) is 1. The van der Waals surface area contributed by atoms with Gasteiger partial charge in [0.1, 0.15) is 17.1 Å². The number of fused-ring (bicyclic) bond motifs is 1. The number of aromatic nitrogens is 3. The molecule has 27 heavy (non-hydrogen) atoms. The molecular formula is C20H21ClFN3O2. The molecule has 4 rings (SSSR count). The highest BCUT2D eigenvalue weighted by Crippen LogP contribution is 2.43. The van der Waals surface area contributed by atoms with Gasteiger partial charge in [0.25, 0.3) is 0 Å². The van der Waals surface area contributed by atoms with E-state index in [0.29, 0.717) is 22.7 Å². The Morgan fingerprint density at radius 2 is 2.11 bits per heavy atom. The summed E-state index contributed by atoms with van der Waals surface area (Å²) in [6, 6.07) is 10.1. The van der Waals surface area contributed by atoms with E-state index in [1.165, 1.54) is 19.0 Å². The van der Waals surface area contributed by atoms with E-state index < -0.39 is 5.79 Å². The molecular weight excluding hydrogens is 369 g/mol. The summed E-state index contributed by atoms with van der Waals surface area (Å²) in [6.45, 7) is 1.57. The molecule has 5 nitrogen and oxygen atoms in total. The second-order valence-corrected chi connectivity index (χ2v) is 7.50. The van der Waals surface area contributed by atoms with Gasteiger partial charge in [-0.1, -0.05) is 35.9 Å². The van der Waals surface area contributed by atoms with Crippen molar-refractivity contribution in [3.8, 4) is 0 Å². The molecule has 7 heteroatoms. The van der Waals surface area contributed by atoms with Gasteiger partial charge in [-0.15, -0.1) is 0 Å². The van der Waals surface area contributed by atoms with Crippen molar-refractivity contribution in [1.82, 2.24) is 14.5 Å². The predicted molar refractivity (Wildman–Crippen MR) is 101 cm³/mol. The lowest BCUT2D eigenvalue weighted by Crippen LogP contribution is -2.25. The average molecular weight is 390 g/mol. The number of methoxy groups -OCH3 is 1. The predicted octanol–water partition coefficient (Wildman–Crippen LogP) is 5.31. The molecule has 3 atom stereocenters. The van der Waals surface area contributed by atoms with Crippen molar-refractivity contribution in [2.24, 2.45) is 0 Å². The van der Waals surface area contributed by atoms with Crippen LogP contribution in [-0.2, 0) is 15.5 Å². The Morgan fingerprint density at radius 3 is 2.89 bits per heavy atom. The van der Waals surface area contributed by atoms with E-state index in [4.69, 9.17) is 16.3 Å². The highest BCUT2D eigenvalue weighted by atomic mass is 35.5. The number of benzene rings is 1. The Hall–Kier alpha value is -2.02. The third-order valence-corrected chi connectivity index (χ3v) is 5.98. The fourth-order valence-corrected chi connectivity index (χ4v) is 4.21. The fourth-order valence-electron chi connectivity index (χ4n) is 4.02. The maximum atomic E-state index is 13.0. The monoisotopic (exact) mass is 389 g/mol. The molecule has 1 saturated carbocycles. The molecule has 1 aromatic carbocycles. The Balaban J connectivity index is 1.59. The van der Waals surface area contributed by atoms with Gasteiger partial charge >= 0.3 is 0 Å². The van der Waals surface area contributed by atoms with E-state index in [9.17, 15) is 4.53 Å². The van der Waals surface area contributed by atoms with Crippen LogP contribution in [0, 0.1) is 0 Å². The minimum absolute atomic E-state index is 0.341. The number of nitrogens with zero attached hydrogens (tertiary/aromatic N) is 3. The quantitative estimate of drug-likeness (QED) is 0.438. The van der Waals surface area contributed by atoms with Crippen molar-refractivity contribution in [2.45, 2.75) is 43.9 Å². The number of rotatable bonds is 5. The summed E-state index contributed by atoms with van der Waals surface area (Å²) in [7, 11) is 1.43. The van der Waals surface area contributed by atoms with Crippen molar-refractivity contribution in [3.05, 3.63) is 59.1 Å². The SMILES string of the molecule is COC(C)(OF)c1cccc(C2CCC(n3ccc4c(Cl)ncnc43)C2)c1. The van der Waals surface area contributed by atoms with Gasteiger partial charge in [-0.05, 0) is 48.3 Å². The highest BCUT2D eigenvalue weighted by Gasteiger charge is 2.32. The van der Waals surface area contributed by atoms with Crippen LogP contribution >= 0.6 is 11.6 Å². The third kappa shape index (κ3) is 3.22. The van der Waals surface area contributed by atoms with Gasteiger partial charge in [0.15, 0.2) is 0 Å². The molecule has 0 aliphatic heterocycles. The largest absolute Gasteiger partial charge is 0.347 e. The molecule has 1 fully saturated rings. The van der Waals surface area contributed by atoms with Crippen LogP contribution in [0.25, 0.3) is 11.0 Å². The van der Waals surface area contributed by atoms with E-state index in [-0.39, 0.29) is 0 Å². The Morgan fingerprint density at radius 1 is 1.26 bits per heavy atom. The lowest BCUT2D eigenvalue weighted by atomic mass is 9.94. The van der Waals surface area contributed by atoms with E-state index in [2.05, 4.69) is 25.5 Å². The number of halogens is 2. The first-order chi connectivity index (χ1) is 13.1. The third-order valence-electron chi connectivity index (χ3n) is 5.68. The first kappa shape index (κ1) is 18.3. The van der Waals surface area contributed by atoms with Crippen LogP contribution in [0.15, 0.2) is 42.9 Å². The average Bonchev–Trinajstić information content (AvgIpc) is 3.35. The van der Waals surface area contributed by atoms with Crippen LogP contribution in [0.4, 0.5) is 4.53 Å². The van der Waals surface area contributed by atoms with E-state index >= 15 is 0 Å². The topological polar surface area (TPSA) is 49.2 Å². The van der Waals surface area contributed by atoms with Crippen LogP contribution in [0.3, 0.4) is 0 Å². The maximum Gasteiger partial charge on any atom is 0.230 e. The van der Waals surface area contributed by atoms with Crippen molar-refractivity contribution in [2.75, 3.05) is 7.11 Å².